The lowest BCUT2D eigenvalue weighted by atomic mass is 9.97. The van der Waals surface area contributed by atoms with Crippen molar-refractivity contribution in [3.05, 3.63) is 35.4 Å². The Bertz CT molecular complexity index is 581. The second-order valence-electron chi connectivity index (χ2n) is 5.46. The Hall–Kier alpha value is -1.82. The Morgan fingerprint density at radius 2 is 1.90 bits per heavy atom. The van der Waals surface area contributed by atoms with E-state index in [1.54, 1.807) is 37.7 Å². The van der Waals surface area contributed by atoms with Crippen molar-refractivity contribution in [2.45, 2.75) is 25.1 Å². The summed E-state index contributed by atoms with van der Waals surface area (Å²) < 4.78 is 0. The Labute approximate surface area is 128 Å². The number of carbonyl (C=O) groups is 3. The minimum Gasteiger partial charge on any atom is -0.315 e. The van der Waals surface area contributed by atoms with Crippen LogP contribution in [0.25, 0.3) is 0 Å². The van der Waals surface area contributed by atoms with Gasteiger partial charge in [0.05, 0.1) is 0 Å². The first-order valence-corrected chi connectivity index (χ1v) is 8.00. The SMILES string of the molecule is CSCc1ccc(C(=O)N2CC(=O)NC(=O)C2(C)C)cc1. The maximum absolute atomic E-state index is 12.6. The van der Waals surface area contributed by atoms with Gasteiger partial charge >= 0.3 is 0 Å². The molecule has 0 spiro atoms. The van der Waals surface area contributed by atoms with Crippen LogP contribution in [0.5, 0.6) is 0 Å². The normalized spacial score (nSPS) is 17.6. The molecule has 0 aliphatic carbocycles. The predicted molar refractivity (Wildman–Crippen MR) is 81.9 cm³/mol. The van der Waals surface area contributed by atoms with Crippen molar-refractivity contribution in [2.24, 2.45) is 0 Å². The van der Waals surface area contributed by atoms with Gasteiger partial charge in [-0.25, -0.2) is 0 Å². The molecular weight excluding hydrogens is 288 g/mol. The second kappa shape index (κ2) is 5.89. The van der Waals surface area contributed by atoms with E-state index in [1.807, 2.05) is 18.4 Å². The number of thioether (sulfide) groups is 1. The molecule has 6 heteroatoms. The van der Waals surface area contributed by atoms with Gasteiger partial charge in [0.25, 0.3) is 11.8 Å². The number of amides is 3. The lowest BCUT2D eigenvalue weighted by molar-refractivity contribution is -0.143. The van der Waals surface area contributed by atoms with Gasteiger partial charge in [-0.15, -0.1) is 0 Å². The first-order chi connectivity index (χ1) is 9.86. The van der Waals surface area contributed by atoms with Crippen LogP contribution >= 0.6 is 11.8 Å². The van der Waals surface area contributed by atoms with E-state index in [9.17, 15) is 14.4 Å². The third-order valence-corrected chi connectivity index (χ3v) is 4.16. The number of nitrogens with one attached hydrogen (secondary N) is 1. The van der Waals surface area contributed by atoms with Crippen LogP contribution in [0.15, 0.2) is 24.3 Å². The topological polar surface area (TPSA) is 66.5 Å². The minimum absolute atomic E-state index is 0.107. The fourth-order valence-electron chi connectivity index (χ4n) is 2.17. The van der Waals surface area contributed by atoms with Crippen LogP contribution in [0.4, 0.5) is 0 Å². The third kappa shape index (κ3) is 3.10. The number of hydrogen-bond donors (Lipinski definition) is 1. The molecule has 0 aromatic heterocycles. The molecule has 0 atom stereocenters. The van der Waals surface area contributed by atoms with Crippen molar-refractivity contribution in [3.63, 3.8) is 0 Å². The molecule has 0 bridgehead atoms. The number of piperazine rings is 1. The van der Waals surface area contributed by atoms with Crippen molar-refractivity contribution < 1.29 is 14.4 Å². The number of carbonyl (C=O) groups excluding carboxylic acids is 3. The average molecular weight is 306 g/mol. The van der Waals surface area contributed by atoms with Crippen molar-refractivity contribution in [2.75, 3.05) is 12.8 Å². The molecule has 0 saturated carbocycles. The highest BCUT2D eigenvalue weighted by Crippen LogP contribution is 2.21. The van der Waals surface area contributed by atoms with Crippen LogP contribution in [0.2, 0.25) is 0 Å². The van der Waals surface area contributed by atoms with Crippen LogP contribution in [-0.4, -0.2) is 41.0 Å². The van der Waals surface area contributed by atoms with Gasteiger partial charge in [-0.05, 0) is 37.8 Å². The van der Waals surface area contributed by atoms with Gasteiger partial charge in [-0.2, -0.15) is 11.8 Å². The first kappa shape index (κ1) is 15.6. The van der Waals surface area contributed by atoms with Gasteiger partial charge in [-0.1, -0.05) is 12.1 Å². The van der Waals surface area contributed by atoms with Gasteiger partial charge in [0.15, 0.2) is 0 Å². The highest BCUT2D eigenvalue weighted by atomic mass is 32.2. The lowest BCUT2D eigenvalue weighted by Gasteiger charge is -2.40. The summed E-state index contributed by atoms with van der Waals surface area (Å²) in [5.41, 5.74) is 0.573. The maximum atomic E-state index is 12.6. The first-order valence-electron chi connectivity index (χ1n) is 6.60. The molecule has 21 heavy (non-hydrogen) atoms. The molecule has 0 unspecified atom stereocenters. The molecule has 0 radical (unpaired) electrons. The fourth-order valence-corrected chi connectivity index (χ4v) is 2.70. The second-order valence-corrected chi connectivity index (χ2v) is 6.32. The Kier molecular flexibility index (Phi) is 4.37. The number of nitrogens with zero attached hydrogens (tertiary/aromatic N) is 1. The zero-order chi connectivity index (χ0) is 15.6. The minimum atomic E-state index is -1.04. The summed E-state index contributed by atoms with van der Waals surface area (Å²) >= 11 is 1.70. The summed E-state index contributed by atoms with van der Waals surface area (Å²) in [5.74, 6) is -0.332. The van der Waals surface area contributed by atoms with Gasteiger partial charge in [0.1, 0.15) is 12.1 Å². The average Bonchev–Trinajstić information content (AvgIpc) is 2.44. The van der Waals surface area contributed by atoms with Crippen LogP contribution in [0.3, 0.4) is 0 Å². The van der Waals surface area contributed by atoms with E-state index < -0.39 is 17.4 Å². The molecule has 2 rings (SSSR count). The van der Waals surface area contributed by atoms with Crippen LogP contribution in [0, 0.1) is 0 Å². The molecule has 1 N–H and O–H groups in total. The van der Waals surface area contributed by atoms with E-state index in [-0.39, 0.29) is 12.5 Å². The Balaban J connectivity index is 2.25. The van der Waals surface area contributed by atoms with Crippen LogP contribution < -0.4 is 5.32 Å². The van der Waals surface area contributed by atoms with E-state index >= 15 is 0 Å². The molecule has 3 amide bonds. The molecule has 1 aromatic rings. The van der Waals surface area contributed by atoms with Crippen LogP contribution in [-0.2, 0) is 15.3 Å². The van der Waals surface area contributed by atoms with E-state index in [0.717, 1.165) is 11.3 Å². The highest BCUT2D eigenvalue weighted by molar-refractivity contribution is 7.97. The molecule has 1 aliphatic heterocycles. The molecule has 1 heterocycles. The summed E-state index contributed by atoms with van der Waals surface area (Å²) in [6.07, 6.45) is 2.01. The zero-order valence-electron chi connectivity index (χ0n) is 12.3. The van der Waals surface area contributed by atoms with E-state index in [0.29, 0.717) is 5.56 Å². The molecule has 1 aromatic carbocycles. The number of benzene rings is 1. The smallest absolute Gasteiger partial charge is 0.255 e. The van der Waals surface area contributed by atoms with Gasteiger partial charge < -0.3 is 4.90 Å². The van der Waals surface area contributed by atoms with Crippen molar-refractivity contribution in [1.82, 2.24) is 10.2 Å². The summed E-state index contributed by atoms with van der Waals surface area (Å²) in [6.45, 7) is 3.16. The standard InChI is InChI=1S/C15H18N2O3S/c1-15(2)14(20)16-12(18)8-17(15)13(19)11-6-4-10(5-7-11)9-21-3/h4-7H,8-9H2,1-3H3,(H,16,18,20). The quantitative estimate of drug-likeness (QED) is 0.858. The zero-order valence-corrected chi connectivity index (χ0v) is 13.1. The van der Waals surface area contributed by atoms with Gasteiger partial charge in [-0.3, -0.25) is 19.7 Å². The van der Waals surface area contributed by atoms with E-state index in [4.69, 9.17) is 0 Å². The molecule has 112 valence electrons. The molecule has 1 fully saturated rings. The largest absolute Gasteiger partial charge is 0.315 e. The predicted octanol–water partition coefficient (Wildman–Crippen LogP) is 1.43. The maximum Gasteiger partial charge on any atom is 0.255 e. The highest BCUT2D eigenvalue weighted by Gasteiger charge is 2.43. The van der Waals surface area contributed by atoms with E-state index in [2.05, 4.69) is 5.32 Å². The third-order valence-electron chi connectivity index (χ3n) is 3.54. The fraction of sp³-hybridized carbons (Fsp3) is 0.400. The number of hydrogen-bond acceptors (Lipinski definition) is 4. The van der Waals surface area contributed by atoms with E-state index in [1.165, 1.54) is 4.90 Å². The summed E-state index contributed by atoms with van der Waals surface area (Å²) in [4.78, 5) is 37.3. The summed E-state index contributed by atoms with van der Waals surface area (Å²) in [5, 5.41) is 2.26. The molecular formula is C15H18N2O3S. The van der Waals surface area contributed by atoms with Gasteiger partial charge in [0.2, 0.25) is 5.91 Å². The van der Waals surface area contributed by atoms with Crippen molar-refractivity contribution in [3.8, 4) is 0 Å². The summed E-state index contributed by atoms with van der Waals surface area (Å²) in [6, 6.07) is 7.26. The molecule has 5 nitrogen and oxygen atoms in total. The lowest BCUT2D eigenvalue weighted by Crippen LogP contribution is -2.65. The summed E-state index contributed by atoms with van der Waals surface area (Å²) in [7, 11) is 0. The number of rotatable bonds is 3. The Morgan fingerprint density at radius 1 is 1.29 bits per heavy atom. The van der Waals surface area contributed by atoms with Crippen molar-refractivity contribution >= 4 is 29.5 Å². The van der Waals surface area contributed by atoms with Crippen molar-refractivity contribution in [1.29, 1.82) is 0 Å². The number of imide groups is 1. The molecule has 1 aliphatic rings. The molecule has 1 saturated heterocycles. The van der Waals surface area contributed by atoms with Gasteiger partial charge in [0, 0.05) is 11.3 Å². The Morgan fingerprint density at radius 3 is 2.48 bits per heavy atom. The monoisotopic (exact) mass is 306 g/mol. The van der Waals surface area contributed by atoms with Crippen LogP contribution in [0.1, 0.15) is 29.8 Å².